The maximum atomic E-state index is 14.7. The molecule has 0 saturated heterocycles. The van der Waals surface area contributed by atoms with Gasteiger partial charge in [0.05, 0.1) is 5.69 Å². The Morgan fingerprint density at radius 2 is 1.33 bits per heavy atom. The molecule has 0 heterocycles. The minimum absolute atomic E-state index is 0.331. The van der Waals surface area contributed by atoms with Crippen molar-refractivity contribution in [3.05, 3.63) is 48.3 Å². The molecule has 0 aliphatic rings. The van der Waals surface area contributed by atoms with Crippen molar-refractivity contribution in [3.8, 4) is 0 Å². The molecule has 2 rings (SSSR count). The number of hydrogen-bond acceptors (Lipinski definition) is 4. The highest BCUT2D eigenvalue weighted by atomic mass is 32.2. The predicted molar refractivity (Wildman–Crippen MR) is 130 cm³/mol. The van der Waals surface area contributed by atoms with Crippen molar-refractivity contribution < 1.29 is 40.0 Å². The van der Waals surface area contributed by atoms with E-state index in [2.05, 4.69) is 0 Å². The molecule has 3 nitrogen and oxygen atoms in total. The Morgan fingerprint density at radius 3 is 1.75 bits per heavy atom. The van der Waals surface area contributed by atoms with E-state index in [0.29, 0.717) is 4.90 Å². The van der Waals surface area contributed by atoms with Crippen LogP contribution < -0.4 is 5.32 Å². The lowest BCUT2D eigenvalue weighted by atomic mass is 10.0. The van der Waals surface area contributed by atoms with E-state index in [0.717, 1.165) is 46.8 Å². The van der Waals surface area contributed by atoms with E-state index in [1.165, 1.54) is 43.9 Å². The van der Waals surface area contributed by atoms with Crippen LogP contribution in [0.5, 0.6) is 0 Å². The van der Waals surface area contributed by atoms with Gasteiger partial charge in [0.1, 0.15) is 5.82 Å². The lowest BCUT2D eigenvalue weighted by Crippen LogP contribution is -2.70. The van der Waals surface area contributed by atoms with Gasteiger partial charge in [-0.15, -0.1) is 11.8 Å². The number of amides is 1. The maximum Gasteiger partial charge on any atom is 0.434 e. The average Bonchev–Trinajstić information content (AvgIpc) is 2.71. The SMILES string of the molecule is CSc1ccc(Sc2ccc(NC(=O)C(O[Si](C)(C)C(C)(C)C)(C(F)(F)F)C(F)(F)F)c(F)c2)cc1. The number of hydrogen-bond donors (Lipinski definition) is 1. The molecule has 0 fully saturated rings. The molecule has 0 unspecified atom stereocenters. The molecule has 2 aromatic carbocycles. The largest absolute Gasteiger partial charge is 0.434 e. The molecule has 0 aromatic heterocycles. The second kappa shape index (κ2) is 10.6. The Kier molecular flexibility index (Phi) is 8.97. The first-order valence-corrected chi connectivity index (χ1v) is 15.5. The van der Waals surface area contributed by atoms with Crippen LogP contribution in [0, 0.1) is 5.82 Å². The minimum atomic E-state index is -6.17. The van der Waals surface area contributed by atoms with Crippen LogP contribution in [0.3, 0.4) is 0 Å². The zero-order valence-electron chi connectivity index (χ0n) is 20.3. The number of thioether (sulfide) groups is 1. The van der Waals surface area contributed by atoms with Crippen molar-refractivity contribution in [3.63, 3.8) is 0 Å². The van der Waals surface area contributed by atoms with E-state index in [1.807, 2.05) is 18.4 Å². The summed E-state index contributed by atoms with van der Waals surface area (Å²) in [5.41, 5.74) is -6.01. The molecule has 0 bridgehead atoms. The summed E-state index contributed by atoms with van der Waals surface area (Å²) in [5, 5.41) is 0.386. The normalized spacial score (nSPS) is 13.6. The second-order valence-electron chi connectivity index (χ2n) is 9.41. The van der Waals surface area contributed by atoms with Crippen LogP contribution in [0.25, 0.3) is 0 Å². The molecular weight excluding hydrogens is 547 g/mol. The summed E-state index contributed by atoms with van der Waals surface area (Å²) in [6, 6.07) is 10.4. The number of halogens is 7. The minimum Gasteiger partial charge on any atom is -0.389 e. The van der Waals surface area contributed by atoms with Crippen LogP contribution in [0.2, 0.25) is 18.1 Å². The summed E-state index contributed by atoms with van der Waals surface area (Å²) in [7, 11) is -3.81. The molecule has 1 amide bonds. The summed E-state index contributed by atoms with van der Waals surface area (Å²) in [5.74, 6) is -3.75. The third kappa shape index (κ3) is 6.40. The van der Waals surface area contributed by atoms with Crippen molar-refractivity contribution in [1.82, 2.24) is 0 Å². The molecule has 0 atom stereocenters. The molecule has 200 valence electrons. The molecular formula is C23H26F7NO2S2Si. The Morgan fingerprint density at radius 1 is 0.861 bits per heavy atom. The third-order valence-corrected chi connectivity index (χ3v) is 12.0. The first kappa shape index (κ1) is 30.5. The van der Waals surface area contributed by atoms with E-state index in [9.17, 15) is 35.5 Å². The number of rotatable bonds is 7. The number of carbonyl (C=O) groups excluding carboxylic acids is 1. The monoisotopic (exact) mass is 573 g/mol. The van der Waals surface area contributed by atoms with Crippen LogP contribution >= 0.6 is 23.5 Å². The van der Waals surface area contributed by atoms with E-state index in [-0.39, 0.29) is 0 Å². The Bertz CT molecular complexity index is 1070. The highest BCUT2D eigenvalue weighted by Gasteiger charge is 2.78. The first-order valence-electron chi connectivity index (χ1n) is 10.5. The Hall–Kier alpha value is -1.70. The van der Waals surface area contributed by atoms with Gasteiger partial charge in [-0.05, 0) is 66.9 Å². The third-order valence-electron chi connectivity index (χ3n) is 5.82. The highest BCUT2D eigenvalue weighted by molar-refractivity contribution is 7.99. The standard InChI is InChI=1S/C23H26F7NO2S2Si/c1-20(2,3)36(5,6)33-21(22(25,26)27,23(28,29)30)19(32)31-18-12-11-16(13-17(18)24)35-15-9-7-14(34-4)8-10-15/h7-13H,1-6H3,(H,31,32). The number of anilines is 1. The van der Waals surface area contributed by atoms with Gasteiger partial charge in [0.25, 0.3) is 5.91 Å². The topological polar surface area (TPSA) is 38.3 Å². The Labute approximate surface area is 214 Å². The fraction of sp³-hybridized carbons (Fsp3) is 0.435. The van der Waals surface area contributed by atoms with Gasteiger partial charge in [-0.25, -0.2) is 4.39 Å². The smallest absolute Gasteiger partial charge is 0.389 e. The average molecular weight is 574 g/mol. The number of benzene rings is 2. The van der Waals surface area contributed by atoms with E-state index in [1.54, 1.807) is 12.1 Å². The zero-order valence-corrected chi connectivity index (χ0v) is 23.0. The van der Waals surface area contributed by atoms with Gasteiger partial charge in [-0.3, -0.25) is 4.79 Å². The summed E-state index contributed by atoms with van der Waals surface area (Å²) in [4.78, 5) is 14.8. The molecule has 0 aliphatic carbocycles. The van der Waals surface area contributed by atoms with Gasteiger partial charge < -0.3 is 9.74 Å². The summed E-state index contributed by atoms with van der Waals surface area (Å²) < 4.78 is 104. The van der Waals surface area contributed by atoms with Crippen molar-refractivity contribution in [2.24, 2.45) is 0 Å². The maximum absolute atomic E-state index is 14.7. The Balaban J connectivity index is 2.42. The van der Waals surface area contributed by atoms with Crippen molar-refractivity contribution in [1.29, 1.82) is 0 Å². The fourth-order valence-electron chi connectivity index (χ4n) is 2.77. The van der Waals surface area contributed by atoms with Gasteiger partial charge in [-0.1, -0.05) is 32.5 Å². The van der Waals surface area contributed by atoms with Crippen molar-refractivity contribution >= 4 is 43.4 Å². The second-order valence-corrected chi connectivity index (χ2v) is 16.2. The van der Waals surface area contributed by atoms with Crippen molar-refractivity contribution in [2.45, 2.75) is 71.5 Å². The molecule has 13 heteroatoms. The number of alkyl halides is 6. The van der Waals surface area contributed by atoms with Gasteiger partial charge in [0, 0.05) is 14.7 Å². The molecule has 1 N–H and O–H groups in total. The quantitative estimate of drug-likeness (QED) is 0.205. The van der Waals surface area contributed by atoms with Gasteiger partial charge in [0.2, 0.25) is 0 Å². The lowest BCUT2D eigenvalue weighted by Gasteiger charge is -2.45. The van der Waals surface area contributed by atoms with Crippen LogP contribution in [0.1, 0.15) is 20.8 Å². The highest BCUT2D eigenvalue weighted by Crippen LogP contribution is 2.51. The van der Waals surface area contributed by atoms with E-state index in [4.69, 9.17) is 4.43 Å². The molecule has 0 spiro atoms. The summed E-state index contributed by atoms with van der Waals surface area (Å²) in [6.45, 7) is 6.60. The van der Waals surface area contributed by atoms with E-state index >= 15 is 0 Å². The van der Waals surface area contributed by atoms with Crippen molar-refractivity contribution in [2.75, 3.05) is 11.6 Å². The van der Waals surface area contributed by atoms with E-state index < -0.39 is 48.7 Å². The summed E-state index contributed by atoms with van der Waals surface area (Å²) >= 11 is 2.66. The first-order chi connectivity index (χ1) is 16.2. The fourth-order valence-corrected chi connectivity index (χ4v) is 5.41. The predicted octanol–water partition coefficient (Wildman–Crippen LogP) is 8.52. The van der Waals surface area contributed by atoms with Gasteiger partial charge in [-0.2, -0.15) is 26.3 Å². The zero-order chi connectivity index (χ0) is 27.7. The van der Waals surface area contributed by atoms with Crippen LogP contribution in [-0.2, 0) is 9.22 Å². The van der Waals surface area contributed by atoms with Gasteiger partial charge >= 0.3 is 18.0 Å². The molecule has 36 heavy (non-hydrogen) atoms. The molecule has 0 aliphatic heterocycles. The molecule has 0 saturated carbocycles. The van der Waals surface area contributed by atoms with Crippen LogP contribution in [0.15, 0.2) is 57.2 Å². The van der Waals surface area contributed by atoms with Gasteiger partial charge in [0.15, 0.2) is 8.32 Å². The number of nitrogens with one attached hydrogen (secondary N) is 1. The van der Waals surface area contributed by atoms with Crippen LogP contribution in [-0.4, -0.2) is 38.4 Å². The summed E-state index contributed by atoms with van der Waals surface area (Å²) in [6.07, 6.45) is -10.4. The van der Waals surface area contributed by atoms with Crippen LogP contribution in [0.4, 0.5) is 36.4 Å². The number of carbonyl (C=O) groups is 1. The molecule has 2 aromatic rings. The molecule has 0 radical (unpaired) electrons. The lowest BCUT2D eigenvalue weighted by molar-refractivity contribution is -0.342.